The summed E-state index contributed by atoms with van der Waals surface area (Å²) in [6.07, 6.45) is 3.68. The zero-order valence-electron chi connectivity index (χ0n) is 6.18. The van der Waals surface area contributed by atoms with E-state index in [1.54, 1.807) is 12.1 Å². The Morgan fingerprint density at radius 2 is 1.92 bits per heavy atom. The summed E-state index contributed by atoms with van der Waals surface area (Å²) in [5, 5.41) is 0. The summed E-state index contributed by atoms with van der Waals surface area (Å²) >= 11 is -1.90. The van der Waals surface area contributed by atoms with E-state index in [2.05, 4.69) is 0 Å². The summed E-state index contributed by atoms with van der Waals surface area (Å²) in [6.45, 7) is 0. The molecule has 1 atom stereocenters. The fourth-order valence-electron chi connectivity index (χ4n) is 1.19. The van der Waals surface area contributed by atoms with E-state index in [4.69, 9.17) is 4.55 Å². The molecule has 3 nitrogen and oxygen atoms in total. The second-order valence-corrected chi connectivity index (χ2v) is 3.36. The largest absolute Gasteiger partial charge is 0.323 e. The number of pyridine rings is 1. The van der Waals surface area contributed by atoms with Gasteiger partial charge >= 0.3 is 0 Å². The quantitative estimate of drug-likeness (QED) is 0.678. The van der Waals surface area contributed by atoms with Gasteiger partial charge in [0.15, 0.2) is 11.1 Å². The number of rotatable bonds is 1. The molecule has 2 aromatic heterocycles. The number of hydrogen-bond acceptors (Lipinski definition) is 1. The molecule has 0 amide bonds. The predicted molar refractivity (Wildman–Crippen MR) is 46.4 cm³/mol. The van der Waals surface area contributed by atoms with Crippen molar-refractivity contribution in [1.29, 1.82) is 0 Å². The average Bonchev–Trinajstić information content (AvgIpc) is 2.49. The van der Waals surface area contributed by atoms with Crippen LogP contribution in [0.2, 0.25) is 0 Å². The smallest absolute Gasteiger partial charge is 0.188 e. The predicted octanol–water partition coefficient (Wildman–Crippen LogP) is 1.52. The summed E-state index contributed by atoms with van der Waals surface area (Å²) in [7, 11) is 0. The molecule has 62 valence electrons. The van der Waals surface area contributed by atoms with Crippen molar-refractivity contribution in [3.63, 3.8) is 0 Å². The third kappa shape index (κ3) is 1.05. The van der Waals surface area contributed by atoms with Crippen LogP contribution in [0, 0.1) is 0 Å². The van der Waals surface area contributed by atoms with Gasteiger partial charge in [-0.1, -0.05) is 0 Å². The molecule has 4 heteroatoms. The van der Waals surface area contributed by atoms with Crippen molar-refractivity contribution >= 4 is 16.6 Å². The van der Waals surface area contributed by atoms with Crippen molar-refractivity contribution in [1.82, 2.24) is 4.40 Å². The van der Waals surface area contributed by atoms with Crippen LogP contribution in [0.25, 0.3) is 5.52 Å². The number of hydrogen-bond donors (Lipinski definition) is 1. The van der Waals surface area contributed by atoms with E-state index in [1.165, 1.54) is 0 Å². The van der Waals surface area contributed by atoms with Gasteiger partial charge in [0, 0.05) is 12.4 Å². The summed E-state index contributed by atoms with van der Waals surface area (Å²) in [5.74, 6) is 0. The molecule has 0 saturated carbocycles. The Labute approximate surface area is 71.9 Å². The molecule has 12 heavy (non-hydrogen) atoms. The topological polar surface area (TPSA) is 41.7 Å². The molecule has 0 aliphatic rings. The monoisotopic (exact) mass is 181 g/mol. The Hall–Kier alpha value is -1.13. The van der Waals surface area contributed by atoms with Crippen LogP contribution in [0.5, 0.6) is 0 Å². The molecule has 0 bridgehead atoms. The highest BCUT2D eigenvalue weighted by Crippen LogP contribution is 2.13. The zero-order valence-corrected chi connectivity index (χ0v) is 6.99. The lowest BCUT2D eigenvalue weighted by atomic mass is 10.4. The average molecular weight is 181 g/mol. The highest BCUT2D eigenvalue weighted by atomic mass is 32.2. The van der Waals surface area contributed by atoms with Crippen LogP contribution >= 0.6 is 0 Å². The molecule has 0 fully saturated rings. The van der Waals surface area contributed by atoms with Crippen molar-refractivity contribution in [2.45, 2.75) is 4.90 Å². The van der Waals surface area contributed by atoms with E-state index in [-0.39, 0.29) is 0 Å². The highest BCUT2D eigenvalue weighted by molar-refractivity contribution is 7.79. The van der Waals surface area contributed by atoms with Gasteiger partial charge in [-0.15, -0.1) is 0 Å². The second-order valence-electron chi connectivity index (χ2n) is 2.42. The Morgan fingerprint density at radius 1 is 1.25 bits per heavy atom. The van der Waals surface area contributed by atoms with Gasteiger partial charge in [-0.05, 0) is 24.3 Å². The van der Waals surface area contributed by atoms with Crippen LogP contribution in [-0.2, 0) is 11.1 Å². The van der Waals surface area contributed by atoms with Crippen molar-refractivity contribution in [3.8, 4) is 0 Å². The van der Waals surface area contributed by atoms with Crippen LogP contribution in [0.3, 0.4) is 0 Å². The second kappa shape index (κ2) is 2.73. The van der Waals surface area contributed by atoms with E-state index < -0.39 is 11.1 Å². The summed E-state index contributed by atoms with van der Waals surface area (Å²) in [5.41, 5.74) is 0.776. The lowest BCUT2D eigenvalue weighted by molar-refractivity contribution is 0.565. The van der Waals surface area contributed by atoms with Crippen molar-refractivity contribution in [2.75, 3.05) is 0 Å². The summed E-state index contributed by atoms with van der Waals surface area (Å²) in [6, 6.07) is 7.04. The lowest BCUT2D eigenvalue weighted by Gasteiger charge is -1.98. The van der Waals surface area contributed by atoms with Crippen LogP contribution in [0.4, 0.5) is 0 Å². The first-order valence-electron chi connectivity index (χ1n) is 3.45. The number of nitrogens with zero attached hydrogens (tertiary/aromatic N) is 1. The molecule has 2 aromatic rings. The first-order chi connectivity index (χ1) is 5.79. The Morgan fingerprint density at radius 3 is 2.58 bits per heavy atom. The number of aromatic nitrogens is 1. The molecule has 0 spiro atoms. The molecule has 2 rings (SSSR count). The molecular formula is C8H7NO2S. The minimum Gasteiger partial charge on any atom is -0.323 e. The summed E-state index contributed by atoms with van der Waals surface area (Å²) < 4.78 is 21.5. The third-order valence-electron chi connectivity index (χ3n) is 1.71. The Balaban J connectivity index is 2.82. The first-order valence-corrected chi connectivity index (χ1v) is 4.56. The molecule has 0 aliphatic carbocycles. The highest BCUT2D eigenvalue weighted by Gasteiger charge is 2.04. The molecule has 0 aliphatic heterocycles. The fourth-order valence-corrected chi connectivity index (χ4v) is 1.74. The van der Waals surface area contributed by atoms with Crippen molar-refractivity contribution in [3.05, 3.63) is 36.7 Å². The molecule has 1 unspecified atom stereocenters. The van der Waals surface area contributed by atoms with Crippen LogP contribution in [0.1, 0.15) is 0 Å². The Kier molecular flexibility index (Phi) is 1.71. The van der Waals surface area contributed by atoms with Gasteiger partial charge in [0.05, 0.1) is 10.4 Å². The SMILES string of the molecule is O=S(O)c1cccn2cccc12. The van der Waals surface area contributed by atoms with E-state index in [1.807, 2.05) is 28.9 Å². The fraction of sp³-hybridized carbons (Fsp3) is 0. The minimum absolute atomic E-state index is 0.447. The summed E-state index contributed by atoms with van der Waals surface area (Å²) in [4.78, 5) is 0.447. The van der Waals surface area contributed by atoms with Gasteiger partial charge in [-0.2, -0.15) is 0 Å². The van der Waals surface area contributed by atoms with Crippen LogP contribution in [-0.4, -0.2) is 13.2 Å². The molecule has 1 N–H and O–H groups in total. The van der Waals surface area contributed by atoms with E-state index in [9.17, 15) is 4.21 Å². The molecule has 0 saturated heterocycles. The van der Waals surface area contributed by atoms with Crippen LogP contribution in [0.15, 0.2) is 41.6 Å². The van der Waals surface area contributed by atoms with Gasteiger partial charge in [0.25, 0.3) is 0 Å². The minimum atomic E-state index is -1.90. The molecule has 0 aromatic carbocycles. The van der Waals surface area contributed by atoms with Crippen molar-refractivity contribution < 1.29 is 8.76 Å². The first kappa shape index (κ1) is 7.52. The lowest BCUT2D eigenvalue weighted by Crippen LogP contribution is -1.92. The number of fused-ring (bicyclic) bond motifs is 1. The van der Waals surface area contributed by atoms with Gasteiger partial charge in [0.1, 0.15) is 0 Å². The molecular weight excluding hydrogens is 174 g/mol. The zero-order chi connectivity index (χ0) is 8.55. The van der Waals surface area contributed by atoms with Crippen molar-refractivity contribution in [2.24, 2.45) is 0 Å². The maximum absolute atomic E-state index is 10.8. The standard InChI is InChI=1S/C8H7NO2S/c10-12(11)8-4-2-6-9-5-1-3-7(8)9/h1-6H,(H,10,11). The molecule has 2 heterocycles. The van der Waals surface area contributed by atoms with Gasteiger partial charge in [0.2, 0.25) is 0 Å². The molecule has 0 radical (unpaired) electrons. The van der Waals surface area contributed by atoms with Gasteiger partial charge < -0.3 is 8.95 Å². The van der Waals surface area contributed by atoms with E-state index in [0.29, 0.717) is 4.90 Å². The maximum atomic E-state index is 10.8. The maximum Gasteiger partial charge on any atom is 0.188 e. The van der Waals surface area contributed by atoms with Gasteiger partial charge in [-0.25, -0.2) is 4.21 Å². The third-order valence-corrected chi connectivity index (χ3v) is 2.44. The van der Waals surface area contributed by atoms with E-state index >= 15 is 0 Å². The Bertz CT molecular complexity index is 435. The van der Waals surface area contributed by atoms with Gasteiger partial charge in [-0.3, -0.25) is 0 Å². The van der Waals surface area contributed by atoms with Crippen LogP contribution < -0.4 is 0 Å². The normalized spacial score (nSPS) is 13.4. The van der Waals surface area contributed by atoms with E-state index in [0.717, 1.165) is 5.52 Å².